The summed E-state index contributed by atoms with van der Waals surface area (Å²) in [6.07, 6.45) is 7.07. The fraction of sp³-hybridized carbons (Fsp3) is 0.0952. The van der Waals surface area contributed by atoms with Crippen LogP contribution in [-0.2, 0) is 0 Å². The van der Waals surface area contributed by atoms with Crippen LogP contribution in [0.15, 0.2) is 79.1 Å². The highest BCUT2D eigenvalue weighted by atomic mass is 14.6. The number of benzene rings is 2. The summed E-state index contributed by atoms with van der Waals surface area (Å²) in [6, 6.07) is 23.7. The average molecular weight is 283 g/mol. The Kier molecular flexibility index (Phi) is 3.32. The third-order valence-corrected chi connectivity index (χ3v) is 4.33. The van der Waals surface area contributed by atoms with Gasteiger partial charge in [0.15, 0.2) is 0 Å². The summed E-state index contributed by atoms with van der Waals surface area (Å²) in [6.45, 7) is 0. The second-order valence-corrected chi connectivity index (χ2v) is 5.71. The number of hydrogen-bond donors (Lipinski definition) is 0. The van der Waals surface area contributed by atoms with Crippen molar-refractivity contribution in [3.8, 4) is 0 Å². The first-order chi connectivity index (χ1) is 10.9. The summed E-state index contributed by atoms with van der Waals surface area (Å²) in [7, 11) is 0. The van der Waals surface area contributed by atoms with Crippen LogP contribution < -0.4 is 0 Å². The Morgan fingerprint density at radius 3 is 2.50 bits per heavy atom. The topological polar surface area (TPSA) is 12.9 Å². The molecule has 1 aromatic heterocycles. The van der Waals surface area contributed by atoms with Crippen molar-refractivity contribution >= 4 is 11.6 Å². The largest absolute Gasteiger partial charge is 0.264 e. The summed E-state index contributed by atoms with van der Waals surface area (Å²) in [5, 5.41) is 0. The summed E-state index contributed by atoms with van der Waals surface area (Å²) < 4.78 is 0. The molecule has 0 saturated carbocycles. The first-order valence-corrected chi connectivity index (χ1v) is 7.66. The number of nitrogens with zero attached hydrogens (tertiary/aromatic N) is 1. The molecule has 106 valence electrons. The van der Waals surface area contributed by atoms with Crippen LogP contribution in [0.3, 0.4) is 0 Å². The van der Waals surface area contributed by atoms with Crippen molar-refractivity contribution in [3.05, 3.63) is 101 Å². The van der Waals surface area contributed by atoms with Gasteiger partial charge >= 0.3 is 0 Å². The van der Waals surface area contributed by atoms with Crippen LogP contribution in [0.5, 0.6) is 0 Å². The first kappa shape index (κ1) is 13.0. The second-order valence-electron chi connectivity index (χ2n) is 5.71. The molecule has 1 atom stereocenters. The minimum Gasteiger partial charge on any atom is -0.264 e. The molecule has 0 saturated heterocycles. The number of allylic oxidation sites excluding steroid dienone is 1. The number of rotatable bonds is 2. The smallest absolute Gasteiger partial charge is 0.0340 e. The van der Waals surface area contributed by atoms with Crippen LogP contribution in [0.1, 0.15) is 34.6 Å². The van der Waals surface area contributed by atoms with Crippen LogP contribution in [0.2, 0.25) is 0 Å². The normalized spacial score (nSPS) is 18.4. The van der Waals surface area contributed by atoms with E-state index in [0.717, 1.165) is 6.42 Å². The van der Waals surface area contributed by atoms with Gasteiger partial charge in [-0.2, -0.15) is 0 Å². The molecule has 1 heteroatoms. The Labute approximate surface area is 131 Å². The fourth-order valence-electron chi connectivity index (χ4n) is 3.32. The van der Waals surface area contributed by atoms with E-state index in [-0.39, 0.29) is 0 Å². The van der Waals surface area contributed by atoms with Gasteiger partial charge in [-0.05, 0) is 46.4 Å². The van der Waals surface area contributed by atoms with E-state index in [9.17, 15) is 0 Å². The van der Waals surface area contributed by atoms with E-state index in [1.54, 1.807) is 0 Å². The Morgan fingerprint density at radius 1 is 0.864 bits per heavy atom. The number of hydrogen-bond acceptors (Lipinski definition) is 1. The molecule has 0 radical (unpaired) electrons. The van der Waals surface area contributed by atoms with Crippen LogP contribution in [0, 0.1) is 0 Å². The van der Waals surface area contributed by atoms with Gasteiger partial charge in [0.1, 0.15) is 0 Å². The Hall–Kier alpha value is -2.67. The molecule has 2 aromatic carbocycles. The first-order valence-electron chi connectivity index (χ1n) is 7.66. The maximum absolute atomic E-state index is 4.22. The molecule has 1 aliphatic rings. The van der Waals surface area contributed by atoms with Crippen LogP contribution >= 0.6 is 0 Å². The third kappa shape index (κ3) is 2.35. The SMILES string of the molecule is C(=C1CC(c2ccccc2)c2ccccc21)c1cccnc1. The van der Waals surface area contributed by atoms with E-state index in [4.69, 9.17) is 0 Å². The number of pyridine rings is 1. The van der Waals surface area contributed by atoms with E-state index in [0.29, 0.717) is 5.92 Å². The van der Waals surface area contributed by atoms with Crippen LogP contribution in [0.4, 0.5) is 0 Å². The molecule has 1 aliphatic carbocycles. The fourth-order valence-corrected chi connectivity index (χ4v) is 3.32. The van der Waals surface area contributed by atoms with Gasteiger partial charge in [0.05, 0.1) is 0 Å². The van der Waals surface area contributed by atoms with Gasteiger partial charge in [-0.3, -0.25) is 4.98 Å². The van der Waals surface area contributed by atoms with E-state index < -0.39 is 0 Å². The zero-order chi connectivity index (χ0) is 14.8. The molecule has 1 heterocycles. The molecule has 0 fully saturated rings. The van der Waals surface area contributed by atoms with Crippen molar-refractivity contribution in [3.63, 3.8) is 0 Å². The Bertz CT molecular complexity index is 804. The third-order valence-electron chi connectivity index (χ3n) is 4.33. The Balaban J connectivity index is 1.79. The van der Waals surface area contributed by atoms with Gasteiger partial charge in [0.25, 0.3) is 0 Å². The molecular weight excluding hydrogens is 266 g/mol. The number of aromatic nitrogens is 1. The Morgan fingerprint density at radius 2 is 1.68 bits per heavy atom. The molecule has 0 N–H and O–H groups in total. The highest BCUT2D eigenvalue weighted by Gasteiger charge is 2.26. The molecule has 22 heavy (non-hydrogen) atoms. The molecule has 0 aliphatic heterocycles. The highest BCUT2D eigenvalue weighted by Crippen LogP contribution is 2.45. The molecule has 0 spiro atoms. The number of fused-ring (bicyclic) bond motifs is 1. The summed E-state index contributed by atoms with van der Waals surface area (Å²) in [5.74, 6) is 0.459. The zero-order valence-corrected chi connectivity index (χ0v) is 12.3. The minimum atomic E-state index is 0.459. The molecular formula is C21H17N. The molecule has 1 nitrogen and oxygen atoms in total. The molecule has 3 aromatic rings. The van der Waals surface area contributed by atoms with E-state index in [1.165, 1.54) is 27.8 Å². The van der Waals surface area contributed by atoms with Gasteiger partial charge < -0.3 is 0 Å². The molecule has 4 rings (SSSR count). The molecule has 0 bridgehead atoms. The lowest BCUT2D eigenvalue weighted by atomic mass is 9.93. The lowest BCUT2D eigenvalue weighted by Gasteiger charge is -2.11. The van der Waals surface area contributed by atoms with E-state index >= 15 is 0 Å². The maximum atomic E-state index is 4.22. The quantitative estimate of drug-likeness (QED) is 0.633. The summed E-state index contributed by atoms with van der Waals surface area (Å²) in [5.41, 5.74) is 6.77. The van der Waals surface area contributed by atoms with Crippen molar-refractivity contribution in [2.45, 2.75) is 12.3 Å². The molecule has 0 amide bonds. The predicted octanol–water partition coefficient (Wildman–Crippen LogP) is 5.16. The van der Waals surface area contributed by atoms with Gasteiger partial charge in [-0.1, -0.05) is 60.7 Å². The summed E-state index contributed by atoms with van der Waals surface area (Å²) >= 11 is 0. The van der Waals surface area contributed by atoms with Crippen LogP contribution in [-0.4, -0.2) is 4.98 Å². The van der Waals surface area contributed by atoms with Crippen molar-refractivity contribution in [2.24, 2.45) is 0 Å². The van der Waals surface area contributed by atoms with Crippen molar-refractivity contribution < 1.29 is 0 Å². The second kappa shape index (κ2) is 5.61. The van der Waals surface area contributed by atoms with Crippen molar-refractivity contribution in [1.29, 1.82) is 0 Å². The van der Waals surface area contributed by atoms with Crippen LogP contribution in [0.25, 0.3) is 11.6 Å². The monoisotopic (exact) mass is 283 g/mol. The minimum absolute atomic E-state index is 0.459. The maximum Gasteiger partial charge on any atom is 0.0340 e. The highest BCUT2D eigenvalue weighted by molar-refractivity contribution is 5.86. The van der Waals surface area contributed by atoms with Crippen molar-refractivity contribution in [2.75, 3.05) is 0 Å². The standard InChI is InChI=1S/C21H17N/c1-2-8-17(9-3-1)21-14-18(13-16-7-6-12-22-15-16)19-10-4-5-11-20(19)21/h1-13,15,21H,14H2. The van der Waals surface area contributed by atoms with Gasteiger partial charge in [-0.25, -0.2) is 0 Å². The summed E-state index contributed by atoms with van der Waals surface area (Å²) in [4.78, 5) is 4.22. The van der Waals surface area contributed by atoms with Gasteiger partial charge in [0.2, 0.25) is 0 Å². The lowest BCUT2D eigenvalue weighted by molar-refractivity contribution is 0.882. The average Bonchev–Trinajstić information content (AvgIpc) is 2.96. The predicted molar refractivity (Wildman–Crippen MR) is 91.5 cm³/mol. The van der Waals surface area contributed by atoms with Gasteiger partial charge in [0, 0.05) is 18.3 Å². The lowest BCUT2D eigenvalue weighted by Crippen LogP contribution is -1.94. The van der Waals surface area contributed by atoms with Gasteiger partial charge in [-0.15, -0.1) is 0 Å². The molecule has 1 unspecified atom stereocenters. The zero-order valence-electron chi connectivity index (χ0n) is 12.3. The van der Waals surface area contributed by atoms with Crippen molar-refractivity contribution in [1.82, 2.24) is 4.98 Å². The van der Waals surface area contributed by atoms with E-state index in [2.05, 4.69) is 71.7 Å². The van der Waals surface area contributed by atoms with E-state index in [1.807, 2.05) is 18.5 Å².